The van der Waals surface area contributed by atoms with Crippen LogP contribution in [0.2, 0.25) is 0 Å². The van der Waals surface area contributed by atoms with E-state index in [2.05, 4.69) is 4.72 Å². The molecule has 0 bridgehead atoms. The van der Waals surface area contributed by atoms with Crippen LogP contribution in [0.3, 0.4) is 0 Å². The van der Waals surface area contributed by atoms with Gasteiger partial charge in [0.1, 0.15) is 0 Å². The Hall–Kier alpha value is -1.60. The number of benzene rings is 1. The fraction of sp³-hybridized carbons (Fsp3) is 0.462. The quantitative estimate of drug-likeness (QED) is 0.893. The third-order valence-electron chi connectivity index (χ3n) is 3.12. The molecule has 1 saturated carbocycles. The van der Waals surface area contributed by atoms with Crippen LogP contribution in [0.1, 0.15) is 19.8 Å². The molecule has 20 heavy (non-hydrogen) atoms. The molecule has 1 amide bonds. The van der Waals surface area contributed by atoms with Crippen LogP contribution in [0.5, 0.6) is 0 Å². The van der Waals surface area contributed by atoms with E-state index in [-0.39, 0.29) is 11.9 Å². The third-order valence-corrected chi connectivity index (χ3v) is 4.58. The zero-order valence-corrected chi connectivity index (χ0v) is 12.6. The SMILES string of the molecule is CC(=O)N(c1ccc(NS(=O)(=O)N(C)C)cc1)C1CC1. The van der Waals surface area contributed by atoms with Gasteiger partial charge in [-0.05, 0) is 37.1 Å². The molecule has 0 heterocycles. The van der Waals surface area contributed by atoms with Crippen molar-refractivity contribution in [1.82, 2.24) is 4.31 Å². The summed E-state index contributed by atoms with van der Waals surface area (Å²) in [6.45, 7) is 1.54. The van der Waals surface area contributed by atoms with Gasteiger partial charge in [-0.25, -0.2) is 0 Å². The number of hydrogen-bond acceptors (Lipinski definition) is 3. The number of nitrogens with zero attached hydrogens (tertiary/aromatic N) is 2. The van der Waals surface area contributed by atoms with Gasteiger partial charge in [-0.1, -0.05) is 0 Å². The summed E-state index contributed by atoms with van der Waals surface area (Å²) in [7, 11) is -0.583. The molecule has 0 spiro atoms. The van der Waals surface area contributed by atoms with Crippen molar-refractivity contribution in [3.8, 4) is 0 Å². The molecule has 0 saturated heterocycles. The first-order valence-corrected chi connectivity index (χ1v) is 7.85. The van der Waals surface area contributed by atoms with Gasteiger partial charge in [0.2, 0.25) is 5.91 Å². The number of carbonyl (C=O) groups is 1. The smallest absolute Gasteiger partial charge is 0.301 e. The van der Waals surface area contributed by atoms with Crippen molar-refractivity contribution in [2.75, 3.05) is 23.7 Å². The highest BCUT2D eigenvalue weighted by atomic mass is 32.2. The van der Waals surface area contributed by atoms with Gasteiger partial charge in [-0.2, -0.15) is 12.7 Å². The number of anilines is 2. The fourth-order valence-electron chi connectivity index (χ4n) is 1.91. The summed E-state index contributed by atoms with van der Waals surface area (Å²) in [5, 5.41) is 0. The Labute approximate surface area is 119 Å². The van der Waals surface area contributed by atoms with E-state index in [1.165, 1.54) is 14.1 Å². The van der Waals surface area contributed by atoms with Crippen molar-refractivity contribution < 1.29 is 13.2 Å². The van der Waals surface area contributed by atoms with E-state index < -0.39 is 10.2 Å². The van der Waals surface area contributed by atoms with Gasteiger partial charge in [0.05, 0.1) is 0 Å². The molecule has 1 fully saturated rings. The van der Waals surface area contributed by atoms with Crippen LogP contribution in [-0.4, -0.2) is 38.8 Å². The molecule has 1 aliphatic carbocycles. The van der Waals surface area contributed by atoms with Crippen molar-refractivity contribution in [3.05, 3.63) is 24.3 Å². The lowest BCUT2D eigenvalue weighted by Crippen LogP contribution is -2.31. The minimum atomic E-state index is -3.50. The molecule has 7 heteroatoms. The minimum absolute atomic E-state index is 0.00845. The Balaban J connectivity index is 2.16. The Morgan fingerprint density at radius 3 is 2.15 bits per heavy atom. The highest BCUT2D eigenvalue weighted by Gasteiger charge is 2.31. The molecule has 0 aliphatic heterocycles. The Morgan fingerprint density at radius 1 is 1.20 bits per heavy atom. The normalized spacial score (nSPS) is 15.2. The van der Waals surface area contributed by atoms with Gasteiger partial charge in [0.15, 0.2) is 0 Å². The second-order valence-electron chi connectivity index (χ2n) is 5.06. The number of carbonyl (C=O) groups excluding carboxylic acids is 1. The number of amides is 1. The second kappa shape index (κ2) is 5.41. The minimum Gasteiger partial charge on any atom is -0.310 e. The molecule has 2 rings (SSSR count). The van der Waals surface area contributed by atoms with Crippen LogP contribution in [0.4, 0.5) is 11.4 Å². The van der Waals surface area contributed by atoms with E-state index in [4.69, 9.17) is 0 Å². The molecule has 1 aromatic rings. The average Bonchev–Trinajstić information content (AvgIpc) is 3.15. The predicted octanol–water partition coefficient (Wildman–Crippen LogP) is 1.42. The summed E-state index contributed by atoms with van der Waals surface area (Å²) in [4.78, 5) is 13.4. The van der Waals surface area contributed by atoms with Crippen LogP contribution >= 0.6 is 0 Å². The lowest BCUT2D eigenvalue weighted by molar-refractivity contribution is -0.116. The number of hydrogen-bond donors (Lipinski definition) is 1. The van der Waals surface area contributed by atoms with Crippen molar-refractivity contribution in [3.63, 3.8) is 0 Å². The molecule has 0 unspecified atom stereocenters. The summed E-state index contributed by atoms with van der Waals surface area (Å²) >= 11 is 0. The monoisotopic (exact) mass is 297 g/mol. The van der Waals surface area contributed by atoms with E-state index in [1.807, 2.05) is 0 Å². The summed E-state index contributed by atoms with van der Waals surface area (Å²) in [6, 6.07) is 7.13. The largest absolute Gasteiger partial charge is 0.310 e. The first-order valence-electron chi connectivity index (χ1n) is 6.41. The first kappa shape index (κ1) is 14.8. The Morgan fingerprint density at radius 2 is 1.75 bits per heavy atom. The maximum Gasteiger partial charge on any atom is 0.301 e. The molecule has 1 aliphatic rings. The molecule has 0 radical (unpaired) electrons. The van der Waals surface area contributed by atoms with Crippen molar-refractivity contribution >= 4 is 27.5 Å². The number of rotatable bonds is 5. The van der Waals surface area contributed by atoms with Gasteiger partial charge in [0.25, 0.3) is 0 Å². The summed E-state index contributed by atoms with van der Waals surface area (Å²) in [5.74, 6) is 0.00845. The second-order valence-corrected chi connectivity index (χ2v) is 6.94. The van der Waals surface area contributed by atoms with E-state index in [1.54, 1.807) is 36.1 Å². The molecule has 1 N–H and O–H groups in total. The van der Waals surface area contributed by atoms with Crippen LogP contribution in [0.15, 0.2) is 24.3 Å². The van der Waals surface area contributed by atoms with E-state index in [9.17, 15) is 13.2 Å². The lowest BCUT2D eigenvalue weighted by Gasteiger charge is -2.21. The third kappa shape index (κ3) is 3.29. The molecule has 0 atom stereocenters. The zero-order chi connectivity index (χ0) is 14.9. The highest BCUT2D eigenvalue weighted by molar-refractivity contribution is 7.90. The lowest BCUT2D eigenvalue weighted by atomic mass is 10.2. The maximum atomic E-state index is 11.7. The number of nitrogens with one attached hydrogen (secondary N) is 1. The van der Waals surface area contributed by atoms with E-state index in [0.29, 0.717) is 5.69 Å². The molecular weight excluding hydrogens is 278 g/mol. The molecular formula is C13H19N3O3S. The molecule has 110 valence electrons. The highest BCUT2D eigenvalue weighted by Crippen LogP contribution is 2.32. The van der Waals surface area contributed by atoms with Crippen molar-refractivity contribution in [2.24, 2.45) is 0 Å². The topological polar surface area (TPSA) is 69.7 Å². The van der Waals surface area contributed by atoms with Crippen LogP contribution in [0, 0.1) is 0 Å². The van der Waals surface area contributed by atoms with Gasteiger partial charge in [0, 0.05) is 38.4 Å². The standard InChI is InChI=1S/C13H19N3O3S/c1-10(17)16(13-8-9-13)12-6-4-11(5-7-12)14-20(18,19)15(2)3/h4-7,13-14H,8-9H2,1-3H3. The average molecular weight is 297 g/mol. The van der Waals surface area contributed by atoms with Crippen LogP contribution in [-0.2, 0) is 15.0 Å². The van der Waals surface area contributed by atoms with Gasteiger partial charge < -0.3 is 4.90 Å². The summed E-state index contributed by atoms with van der Waals surface area (Å²) in [5.41, 5.74) is 1.27. The zero-order valence-electron chi connectivity index (χ0n) is 11.8. The predicted molar refractivity (Wildman–Crippen MR) is 78.9 cm³/mol. The van der Waals surface area contributed by atoms with Crippen LogP contribution < -0.4 is 9.62 Å². The molecule has 0 aromatic heterocycles. The van der Waals surface area contributed by atoms with Gasteiger partial charge >= 0.3 is 10.2 Å². The van der Waals surface area contributed by atoms with Gasteiger partial charge in [-0.3, -0.25) is 9.52 Å². The van der Waals surface area contributed by atoms with Crippen molar-refractivity contribution in [1.29, 1.82) is 0 Å². The fourth-order valence-corrected chi connectivity index (χ4v) is 2.53. The molecule has 1 aromatic carbocycles. The van der Waals surface area contributed by atoms with Crippen LogP contribution in [0.25, 0.3) is 0 Å². The first-order chi connectivity index (χ1) is 9.31. The van der Waals surface area contributed by atoms with E-state index in [0.717, 1.165) is 22.8 Å². The summed E-state index contributed by atoms with van der Waals surface area (Å²) < 4.78 is 26.9. The van der Waals surface area contributed by atoms with E-state index >= 15 is 0 Å². The summed E-state index contributed by atoms with van der Waals surface area (Å²) in [6.07, 6.45) is 2.04. The van der Waals surface area contributed by atoms with Crippen molar-refractivity contribution in [2.45, 2.75) is 25.8 Å². The Bertz CT molecular complexity index is 592. The maximum absolute atomic E-state index is 11.7. The Kier molecular flexibility index (Phi) is 4.01. The van der Waals surface area contributed by atoms with Gasteiger partial charge in [-0.15, -0.1) is 0 Å². The molecule has 6 nitrogen and oxygen atoms in total.